The maximum atomic E-state index is 15.6. The first kappa shape index (κ1) is 43.1. The molecule has 1 saturated carbocycles. The zero-order valence-corrected chi connectivity index (χ0v) is 38.4. The van der Waals surface area contributed by atoms with Crippen LogP contribution in [0.15, 0.2) is 36.4 Å². The van der Waals surface area contributed by atoms with Gasteiger partial charge in [-0.25, -0.2) is 4.79 Å². The van der Waals surface area contributed by atoms with Crippen LogP contribution in [-0.2, 0) is 68.2 Å². The normalized spacial score (nSPS) is 36.6. The molecule has 10 atom stereocenters. The fourth-order valence-corrected chi connectivity index (χ4v) is 14.6. The van der Waals surface area contributed by atoms with Gasteiger partial charge in [-0.2, -0.15) is 0 Å². The first-order valence-electron chi connectivity index (χ1n) is 23.3. The first-order chi connectivity index (χ1) is 30.7. The number of methoxy groups -OCH3 is 3. The number of rotatable bonds is 10. The van der Waals surface area contributed by atoms with E-state index in [2.05, 4.69) is 52.9 Å². The molecule has 14 nitrogen and oxygen atoms in total. The number of benzene rings is 2. The third-order valence-corrected chi connectivity index (χ3v) is 17.1. The van der Waals surface area contributed by atoms with E-state index in [1.54, 1.807) is 7.11 Å². The van der Waals surface area contributed by atoms with Crippen molar-refractivity contribution in [1.82, 2.24) is 14.8 Å². The van der Waals surface area contributed by atoms with Gasteiger partial charge in [-0.05, 0) is 104 Å². The molecule has 7 heterocycles. The number of esters is 3. The lowest BCUT2D eigenvalue weighted by molar-refractivity contribution is -0.178. The molecule has 3 aromatic rings. The van der Waals surface area contributed by atoms with Gasteiger partial charge in [0.15, 0.2) is 6.10 Å². The molecule has 342 valence electrons. The van der Waals surface area contributed by atoms with Crippen LogP contribution in [0.4, 0.5) is 5.69 Å². The van der Waals surface area contributed by atoms with Crippen LogP contribution in [0.1, 0.15) is 100 Å². The minimum Gasteiger partial charge on any atom is -0.496 e. The molecule has 1 aliphatic carbocycles. The third-order valence-electron chi connectivity index (χ3n) is 17.1. The minimum atomic E-state index is -1.89. The van der Waals surface area contributed by atoms with E-state index in [1.807, 2.05) is 26.0 Å². The lowest BCUT2D eigenvalue weighted by Gasteiger charge is -2.58. The highest BCUT2D eigenvalue weighted by Gasteiger charge is 2.99. The van der Waals surface area contributed by atoms with Crippen LogP contribution in [0, 0.1) is 11.3 Å². The Hall–Kier alpha value is -4.76. The second-order valence-electron chi connectivity index (χ2n) is 19.6. The zero-order chi connectivity index (χ0) is 45.4. The van der Waals surface area contributed by atoms with Gasteiger partial charge in [-0.1, -0.05) is 39.8 Å². The highest BCUT2D eigenvalue weighted by molar-refractivity contribution is 6.00. The molecule has 2 spiro atoms. The standard InChI is InChI=1S/C50H62N4O10/c1-9-31-20-34-33-14-18-52-26-30(24-45(59,11-3)27-52)25-47(43(57)61-7,40(33)51-37(34)21-32(31)10-2)36-22-35-38(23-39(36)60-6)54(28-55)50-48(35)16-19-53-17-13-15-46(12-4,41(48)53)42(63-29(5)56)49(50,64-50)44(58)62-8/h13,15,20-23,28,30,41-42,51,59H,9-12,14,16-19,24-27H2,1-8H3/t30-,41+,42-,45+,46-,47+,48-,49+,50+/m1/s1. The van der Waals surface area contributed by atoms with Crippen LogP contribution in [0.2, 0.25) is 0 Å². The van der Waals surface area contributed by atoms with Gasteiger partial charge >= 0.3 is 17.9 Å². The van der Waals surface area contributed by atoms with Crippen LogP contribution >= 0.6 is 0 Å². The van der Waals surface area contributed by atoms with E-state index in [0.29, 0.717) is 94.7 Å². The Labute approximate surface area is 374 Å². The van der Waals surface area contributed by atoms with Gasteiger partial charge < -0.3 is 33.8 Å². The Morgan fingerprint density at radius 2 is 1.70 bits per heavy atom. The fourth-order valence-electron chi connectivity index (χ4n) is 14.6. The summed E-state index contributed by atoms with van der Waals surface area (Å²) in [5.41, 5.74) is -1.06. The quantitative estimate of drug-likeness (QED) is 0.0923. The molecule has 2 aromatic carbocycles. The smallest absolute Gasteiger partial charge is 0.347 e. The predicted molar refractivity (Wildman–Crippen MR) is 237 cm³/mol. The van der Waals surface area contributed by atoms with Crippen LogP contribution in [0.3, 0.4) is 0 Å². The number of piperidine rings is 1. The zero-order valence-electron chi connectivity index (χ0n) is 38.4. The van der Waals surface area contributed by atoms with Gasteiger partial charge in [0.2, 0.25) is 12.1 Å². The summed E-state index contributed by atoms with van der Waals surface area (Å²) in [5, 5.41) is 13.2. The molecule has 0 radical (unpaired) electrons. The molecule has 14 heteroatoms. The average molecular weight is 879 g/mol. The van der Waals surface area contributed by atoms with E-state index in [1.165, 1.54) is 37.2 Å². The summed E-state index contributed by atoms with van der Waals surface area (Å²) >= 11 is 0. The monoisotopic (exact) mass is 878 g/mol. The van der Waals surface area contributed by atoms with Gasteiger partial charge in [0.25, 0.3) is 5.60 Å². The Morgan fingerprint density at radius 3 is 2.36 bits per heavy atom. The molecule has 3 saturated heterocycles. The highest BCUT2D eigenvalue weighted by atomic mass is 16.7. The largest absolute Gasteiger partial charge is 0.496 e. The lowest BCUT2D eigenvalue weighted by atomic mass is 9.49. The van der Waals surface area contributed by atoms with E-state index in [-0.39, 0.29) is 5.92 Å². The second kappa shape index (κ2) is 14.6. The van der Waals surface area contributed by atoms with E-state index in [4.69, 9.17) is 23.7 Å². The van der Waals surface area contributed by atoms with Crippen molar-refractivity contribution in [3.63, 3.8) is 0 Å². The van der Waals surface area contributed by atoms with E-state index in [9.17, 15) is 19.5 Å². The number of aliphatic hydroxyl groups is 1. The van der Waals surface area contributed by atoms with Crippen molar-refractivity contribution in [1.29, 1.82) is 0 Å². The van der Waals surface area contributed by atoms with Gasteiger partial charge in [0, 0.05) is 72.8 Å². The molecule has 6 aliphatic heterocycles. The van der Waals surface area contributed by atoms with Crippen molar-refractivity contribution in [3.8, 4) is 5.75 Å². The number of fused-ring (bicyclic) bond motifs is 6. The summed E-state index contributed by atoms with van der Waals surface area (Å²) < 4.78 is 31.3. The molecule has 64 heavy (non-hydrogen) atoms. The SMILES string of the molecule is CCc1cc2[nH]c3c(c2cc1CC)CCN1C[C@H](C[C@@](O)(CC)C1)C[C@]3(C(=O)OC)c1cc2c(cc1OC)N(C=O)[C@@]13O[C@]1(C(=O)OC)[C@H](OC(C)=O)[C@]1(CC)C=CCN4CC[C@]23[C@@H]41. The maximum Gasteiger partial charge on any atom is 0.347 e. The van der Waals surface area contributed by atoms with E-state index < -0.39 is 63.2 Å². The number of anilines is 1. The number of epoxide rings is 1. The maximum absolute atomic E-state index is 15.6. The van der Waals surface area contributed by atoms with Crippen molar-refractivity contribution in [2.75, 3.05) is 59.0 Å². The molecular formula is C50H62N4O10. The van der Waals surface area contributed by atoms with E-state index in [0.717, 1.165) is 40.6 Å². The van der Waals surface area contributed by atoms with Gasteiger partial charge in [0.1, 0.15) is 11.2 Å². The molecule has 2 N–H and O–H groups in total. The van der Waals surface area contributed by atoms with Crippen LogP contribution in [0.5, 0.6) is 5.75 Å². The number of aryl methyl sites for hydroxylation is 2. The molecule has 2 bridgehead atoms. The third kappa shape index (κ3) is 5.11. The van der Waals surface area contributed by atoms with Gasteiger partial charge in [0.05, 0.1) is 38.0 Å². The number of aromatic amines is 1. The van der Waals surface area contributed by atoms with Crippen molar-refractivity contribution in [3.05, 3.63) is 69.9 Å². The van der Waals surface area contributed by atoms with Crippen LogP contribution in [0.25, 0.3) is 10.9 Å². The molecular weight excluding hydrogens is 817 g/mol. The number of aromatic nitrogens is 1. The van der Waals surface area contributed by atoms with Crippen LogP contribution < -0.4 is 9.64 Å². The summed E-state index contributed by atoms with van der Waals surface area (Å²) in [5.74, 6) is -1.57. The van der Waals surface area contributed by atoms with Crippen molar-refractivity contribution >= 4 is 40.9 Å². The van der Waals surface area contributed by atoms with Crippen LogP contribution in [-0.4, -0.2) is 127 Å². The average Bonchev–Trinajstić information content (AvgIpc) is 3.52. The Bertz CT molecular complexity index is 2520. The number of nitrogens with zero attached hydrogens (tertiary/aromatic N) is 3. The molecule has 7 aliphatic rings. The molecule has 1 aromatic heterocycles. The number of carbonyl (C=O) groups excluding carboxylic acids is 4. The predicted octanol–water partition coefficient (Wildman–Crippen LogP) is 5.01. The number of H-pyrrole nitrogens is 1. The van der Waals surface area contributed by atoms with E-state index >= 15 is 4.79 Å². The van der Waals surface area contributed by atoms with Crippen molar-refractivity contribution in [2.45, 2.75) is 126 Å². The summed E-state index contributed by atoms with van der Waals surface area (Å²) in [6, 6.07) is 7.96. The summed E-state index contributed by atoms with van der Waals surface area (Å²) in [6.07, 6.45) is 8.35. The number of hydrogen-bond acceptors (Lipinski definition) is 12. The van der Waals surface area contributed by atoms with Crippen molar-refractivity contribution in [2.24, 2.45) is 11.3 Å². The molecule has 1 unspecified atom stereocenters. The summed E-state index contributed by atoms with van der Waals surface area (Å²) in [4.78, 5) is 67.4. The molecule has 10 rings (SSSR count). The number of ether oxygens (including phenoxy) is 5. The summed E-state index contributed by atoms with van der Waals surface area (Å²) in [6.45, 7) is 12.8. The minimum absolute atomic E-state index is 0.141. The molecule has 4 fully saturated rings. The number of hydrogen-bond donors (Lipinski definition) is 2. The highest BCUT2D eigenvalue weighted by Crippen LogP contribution is 2.80. The Balaban J connectivity index is 1.31. The molecule has 1 amide bonds. The van der Waals surface area contributed by atoms with Gasteiger partial charge in [-0.15, -0.1) is 0 Å². The summed E-state index contributed by atoms with van der Waals surface area (Å²) in [7, 11) is 4.28. The topological polar surface area (TPSA) is 163 Å². The Morgan fingerprint density at radius 1 is 0.953 bits per heavy atom. The number of nitrogens with one attached hydrogen (secondary N) is 1. The Kier molecular flexibility index (Phi) is 9.86. The first-order valence-corrected chi connectivity index (χ1v) is 23.3. The van der Waals surface area contributed by atoms with Gasteiger partial charge in [-0.3, -0.25) is 29.1 Å². The number of carbonyl (C=O) groups is 4. The lowest BCUT2D eigenvalue weighted by Crippen LogP contribution is -2.75. The van der Waals surface area contributed by atoms with Crippen molar-refractivity contribution < 1.29 is 48.0 Å². The number of amides is 1. The second-order valence-corrected chi connectivity index (χ2v) is 19.6. The fraction of sp³-hybridized carbons (Fsp3) is 0.600.